The molecular weight excluding hydrogens is 492 g/mol. The number of amides is 4. The first-order chi connectivity index (χ1) is 16.9. The van der Waals surface area contributed by atoms with Crippen molar-refractivity contribution in [3.63, 3.8) is 0 Å². The first-order valence-electron chi connectivity index (χ1n) is 11.5. The second kappa shape index (κ2) is 11.1. The van der Waals surface area contributed by atoms with Gasteiger partial charge in [-0.05, 0) is 56.2 Å². The van der Waals surface area contributed by atoms with E-state index in [2.05, 4.69) is 10.6 Å². The highest BCUT2D eigenvalue weighted by atomic mass is 35.5. The molecular formula is C24H27ClN4O5S. The van der Waals surface area contributed by atoms with Crippen LogP contribution in [-0.4, -0.2) is 67.0 Å². The lowest BCUT2D eigenvalue weighted by Crippen LogP contribution is -2.50. The number of anilines is 1. The molecule has 0 spiro atoms. The average Bonchev–Trinajstić information content (AvgIpc) is 3.46. The molecule has 2 N–H and O–H groups in total. The third-order valence-electron chi connectivity index (χ3n) is 6.04. The highest BCUT2D eigenvalue weighted by molar-refractivity contribution is 7.18. The Kier molecular flexibility index (Phi) is 7.92. The molecule has 186 valence electrons. The number of ether oxygens (including phenoxy) is 1. The SMILES string of the molecule is CCOC(=O)N1CC(NC(=O)c2ccc(N3CCCCC3=O)cc2)C(NC(=O)c2ccc(Cl)s2)C1. The van der Waals surface area contributed by atoms with Gasteiger partial charge in [0.15, 0.2) is 0 Å². The third-order valence-corrected chi connectivity index (χ3v) is 7.27. The zero-order valence-electron chi connectivity index (χ0n) is 19.3. The van der Waals surface area contributed by atoms with Crippen LogP contribution in [0.2, 0.25) is 4.34 Å². The molecule has 2 atom stereocenters. The zero-order chi connectivity index (χ0) is 24.9. The van der Waals surface area contributed by atoms with Gasteiger partial charge in [0.05, 0.1) is 27.9 Å². The topological polar surface area (TPSA) is 108 Å². The van der Waals surface area contributed by atoms with Gasteiger partial charge in [0, 0.05) is 37.3 Å². The standard InChI is InChI=1S/C24H27ClN4O5S/c1-2-34-24(33)28-13-17(18(14-28)27-23(32)19-10-11-20(25)35-19)26-22(31)15-6-8-16(9-7-15)29-12-4-3-5-21(29)30/h6-11,17-18H,2-5,12-14H2,1H3,(H,26,31)(H,27,32). The summed E-state index contributed by atoms with van der Waals surface area (Å²) in [7, 11) is 0. The van der Waals surface area contributed by atoms with Crippen molar-refractivity contribution in [3.05, 3.63) is 51.2 Å². The highest BCUT2D eigenvalue weighted by Crippen LogP contribution is 2.23. The monoisotopic (exact) mass is 518 g/mol. The van der Waals surface area contributed by atoms with Crippen LogP contribution >= 0.6 is 22.9 Å². The smallest absolute Gasteiger partial charge is 0.409 e. The molecule has 0 saturated carbocycles. The Morgan fingerprint density at radius 2 is 1.71 bits per heavy atom. The molecule has 0 radical (unpaired) electrons. The van der Waals surface area contributed by atoms with E-state index in [0.717, 1.165) is 29.9 Å². The Morgan fingerprint density at radius 3 is 2.31 bits per heavy atom. The number of likely N-dealkylation sites (tertiary alicyclic amines) is 1. The number of halogens is 1. The van der Waals surface area contributed by atoms with E-state index in [0.29, 0.717) is 27.7 Å². The molecule has 9 nitrogen and oxygen atoms in total. The molecule has 0 aliphatic carbocycles. The molecule has 4 amide bonds. The van der Waals surface area contributed by atoms with Crippen molar-refractivity contribution < 1.29 is 23.9 Å². The predicted molar refractivity (Wildman–Crippen MR) is 133 cm³/mol. The van der Waals surface area contributed by atoms with Crippen LogP contribution in [-0.2, 0) is 9.53 Å². The molecule has 1 aromatic heterocycles. The number of nitrogens with zero attached hydrogens (tertiary/aromatic N) is 2. The van der Waals surface area contributed by atoms with Gasteiger partial charge in [-0.3, -0.25) is 14.4 Å². The zero-order valence-corrected chi connectivity index (χ0v) is 20.9. The van der Waals surface area contributed by atoms with E-state index in [1.54, 1.807) is 48.2 Å². The third kappa shape index (κ3) is 5.94. The summed E-state index contributed by atoms with van der Waals surface area (Å²) in [5.74, 6) is -0.577. The van der Waals surface area contributed by atoms with Crippen LogP contribution in [0, 0.1) is 0 Å². The Balaban J connectivity index is 1.44. The van der Waals surface area contributed by atoms with E-state index in [-0.39, 0.29) is 37.4 Å². The minimum Gasteiger partial charge on any atom is -0.450 e. The lowest BCUT2D eigenvalue weighted by molar-refractivity contribution is -0.119. The molecule has 0 bridgehead atoms. The summed E-state index contributed by atoms with van der Waals surface area (Å²) in [6.07, 6.45) is 1.89. The lowest BCUT2D eigenvalue weighted by Gasteiger charge is -2.27. The molecule has 35 heavy (non-hydrogen) atoms. The second-order valence-corrected chi connectivity index (χ2v) is 10.1. The molecule has 2 saturated heterocycles. The largest absolute Gasteiger partial charge is 0.450 e. The second-order valence-electron chi connectivity index (χ2n) is 8.42. The fourth-order valence-electron chi connectivity index (χ4n) is 4.26. The Labute approximate surface area is 212 Å². The summed E-state index contributed by atoms with van der Waals surface area (Å²) in [5, 5.41) is 5.84. The number of carbonyl (C=O) groups excluding carboxylic acids is 4. The van der Waals surface area contributed by atoms with E-state index >= 15 is 0 Å². The summed E-state index contributed by atoms with van der Waals surface area (Å²) >= 11 is 7.10. The van der Waals surface area contributed by atoms with Gasteiger partial charge in [0.25, 0.3) is 11.8 Å². The minimum atomic E-state index is -0.519. The van der Waals surface area contributed by atoms with Crippen LogP contribution < -0.4 is 15.5 Å². The van der Waals surface area contributed by atoms with Gasteiger partial charge in [-0.25, -0.2) is 4.79 Å². The van der Waals surface area contributed by atoms with Gasteiger partial charge >= 0.3 is 6.09 Å². The maximum absolute atomic E-state index is 13.0. The normalized spacial score (nSPS) is 20.0. The van der Waals surface area contributed by atoms with E-state index in [9.17, 15) is 19.2 Å². The lowest BCUT2D eigenvalue weighted by atomic mass is 10.1. The molecule has 2 aliphatic rings. The Hall–Kier alpha value is -3.11. The van der Waals surface area contributed by atoms with E-state index in [1.165, 1.54) is 4.90 Å². The van der Waals surface area contributed by atoms with Gasteiger partial charge < -0.3 is 25.2 Å². The quantitative estimate of drug-likeness (QED) is 0.610. The number of rotatable bonds is 6. The molecule has 4 rings (SSSR count). The summed E-state index contributed by atoms with van der Waals surface area (Å²) in [6, 6.07) is 9.10. The maximum atomic E-state index is 13.0. The first-order valence-corrected chi connectivity index (χ1v) is 12.7. The van der Waals surface area contributed by atoms with Crippen molar-refractivity contribution in [1.82, 2.24) is 15.5 Å². The van der Waals surface area contributed by atoms with Gasteiger partial charge in [-0.15, -0.1) is 11.3 Å². The van der Waals surface area contributed by atoms with Crippen molar-refractivity contribution in [2.75, 3.05) is 31.1 Å². The fourth-order valence-corrected chi connectivity index (χ4v) is 5.21. The van der Waals surface area contributed by atoms with E-state index < -0.39 is 18.2 Å². The van der Waals surface area contributed by atoms with Crippen molar-refractivity contribution in [2.45, 2.75) is 38.3 Å². The summed E-state index contributed by atoms with van der Waals surface area (Å²) in [6.45, 7) is 3.01. The van der Waals surface area contributed by atoms with Crippen LogP contribution in [0.1, 0.15) is 46.2 Å². The number of piperidine rings is 1. The van der Waals surface area contributed by atoms with Gasteiger partial charge in [0.1, 0.15) is 0 Å². The summed E-state index contributed by atoms with van der Waals surface area (Å²) in [5.41, 5.74) is 1.18. The van der Waals surface area contributed by atoms with Crippen LogP contribution in [0.5, 0.6) is 0 Å². The van der Waals surface area contributed by atoms with Crippen molar-refractivity contribution in [2.24, 2.45) is 0 Å². The molecule has 2 aromatic rings. The Bertz CT molecular complexity index is 1110. The summed E-state index contributed by atoms with van der Waals surface area (Å²) in [4.78, 5) is 53.8. The van der Waals surface area contributed by atoms with Crippen LogP contribution in [0.25, 0.3) is 0 Å². The number of thiophene rings is 1. The molecule has 1 aromatic carbocycles. The first kappa shape index (κ1) is 25.0. The van der Waals surface area contributed by atoms with Crippen LogP contribution in [0.4, 0.5) is 10.5 Å². The maximum Gasteiger partial charge on any atom is 0.409 e. The summed E-state index contributed by atoms with van der Waals surface area (Å²) < 4.78 is 5.59. The van der Waals surface area contributed by atoms with Crippen molar-refractivity contribution in [1.29, 1.82) is 0 Å². The number of carbonyl (C=O) groups is 4. The molecule has 2 aliphatic heterocycles. The van der Waals surface area contributed by atoms with Gasteiger partial charge in [-0.2, -0.15) is 0 Å². The molecule has 2 fully saturated rings. The highest BCUT2D eigenvalue weighted by Gasteiger charge is 2.38. The van der Waals surface area contributed by atoms with E-state index in [1.807, 2.05) is 0 Å². The number of benzene rings is 1. The van der Waals surface area contributed by atoms with Crippen LogP contribution in [0.3, 0.4) is 0 Å². The minimum absolute atomic E-state index is 0.0871. The number of hydrogen-bond donors (Lipinski definition) is 2. The fraction of sp³-hybridized carbons (Fsp3) is 0.417. The predicted octanol–water partition coefficient (Wildman–Crippen LogP) is 3.29. The van der Waals surface area contributed by atoms with E-state index in [4.69, 9.17) is 16.3 Å². The van der Waals surface area contributed by atoms with Gasteiger partial charge in [0.2, 0.25) is 5.91 Å². The van der Waals surface area contributed by atoms with Crippen LogP contribution in [0.15, 0.2) is 36.4 Å². The Morgan fingerprint density at radius 1 is 1.03 bits per heavy atom. The number of nitrogens with one attached hydrogen (secondary N) is 2. The molecule has 3 heterocycles. The van der Waals surface area contributed by atoms with Gasteiger partial charge in [-0.1, -0.05) is 11.6 Å². The molecule has 2 unspecified atom stereocenters. The average molecular weight is 519 g/mol. The van der Waals surface area contributed by atoms with Crippen molar-refractivity contribution in [3.8, 4) is 0 Å². The number of hydrogen-bond acceptors (Lipinski definition) is 6. The molecule has 11 heteroatoms. The van der Waals surface area contributed by atoms with Crippen molar-refractivity contribution >= 4 is 52.4 Å².